The van der Waals surface area contributed by atoms with Crippen molar-refractivity contribution >= 4 is 11.7 Å². The maximum absolute atomic E-state index is 13.1. The second kappa shape index (κ2) is 8.54. The third kappa shape index (κ3) is 4.13. The molecule has 176 valence electrons. The molecule has 3 aromatic heterocycles. The third-order valence-electron chi connectivity index (χ3n) is 6.02. The number of hydrogen-bond acceptors (Lipinski definition) is 5. The van der Waals surface area contributed by atoms with E-state index >= 15 is 0 Å². The van der Waals surface area contributed by atoms with E-state index < -0.39 is 12.1 Å². The molecule has 34 heavy (non-hydrogen) atoms. The number of aryl methyl sites for hydroxylation is 2. The molecule has 0 bridgehead atoms. The molecule has 5 rings (SSSR count). The molecule has 1 unspecified atom stereocenters. The number of halogens is 3. The molecule has 1 N–H and O–H groups in total. The molecule has 1 amide bonds. The van der Waals surface area contributed by atoms with Gasteiger partial charge in [0.25, 0.3) is 5.91 Å². The molecule has 0 fully saturated rings. The molecule has 0 aliphatic carbocycles. The lowest BCUT2D eigenvalue weighted by Crippen LogP contribution is -2.31. The van der Waals surface area contributed by atoms with E-state index in [0.717, 1.165) is 5.56 Å². The van der Waals surface area contributed by atoms with Crippen LogP contribution in [0.5, 0.6) is 0 Å². The van der Waals surface area contributed by atoms with E-state index in [1.54, 1.807) is 39.7 Å². The van der Waals surface area contributed by atoms with Crippen molar-refractivity contribution in [2.45, 2.75) is 45.5 Å². The van der Waals surface area contributed by atoms with Gasteiger partial charge in [-0.05, 0) is 24.5 Å². The van der Waals surface area contributed by atoms with Crippen molar-refractivity contribution in [3.63, 3.8) is 0 Å². The van der Waals surface area contributed by atoms with Gasteiger partial charge in [-0.25, -0.2) is 19.6 Å². The molecule has 0 spiro atoms. The lowest BCUT2D eigenvalue weighted by molar-refractivity contribution is -0.179. The summed E-state index contributed by atoms with van der Waals surface area (Å²) in [5, 5.41) is 7.29. The first kappa shape index (κ1) is 22.1. The zero-order chi connectivity index (χ0) is 23.9. The van der Waals surface area contributed by atoms with Gasteiger partial charge >= 0.3 is 6.18 Å². The molecule has 4 heterocycles. The summed E-state index contributed by atoms with van der Waals surface area (Å²) < 4.78 is 42.4. The Balaban J connectivity index is 1.27. The predicted molar refractivity (Wildman–Crippen MR) is 117 cm³/mol. The van der Waals surface area contributed by atoms with Crippen molar-refractivity contribution in [2.75, 3.05) is 0 Å². The highest BCUT2D eigenvalue weighted by Crippen LogP contribution is 2.34. The van der Waals surface area contributed by atoms with Crippen molar-refractivity contribution in [3.05, 3.63) is 65.5 Å². The summed E-state index contributed by atoms with van der Waals surface area (Å²) in [7, 11) is 0. The van der Waals surface area contributed by atoms with Crippen LogP contribution in [0.4, 0.5) is 13.2 Å². The van der Waals surface area contributed by atoms with Crippen LogP contribution in [-0.2, 0) is 25.9 Å². The Hall–Kier alpha value is -3.76. The van der Waals surface area contributed by atoms with E-state index in [1.165, 1.54) is 0 Å². The minimum Gasteiger partial charge on any atom is -0.347 e. The molecule has 0 saturated heterocycles. The lowest BCUT2D eigenvalue weighted by Gasteiger charge is -2.24. The van der Waals surface area contributed by atoms with Crippen LogP contribution in [0.15, 0.2) is 42.7 Å². The van der Waals surface area contributed by atoms with Crippen molar-refractivity contribution in [1.82, 2.24) is 34.4 Å². The second-order valence-corrected chi connectivity index (χ2v) is 8.24. The third-order valence-corrected chi connectivity index (χ3v) is 6.02. The van der Waals surface area contributed by atoms with E-state index in [4.69, 9.17) is 0 Å². The Bertz CT molecular complexity index is 1340. The number of nitrogens with one attached hydrogen (secondary N) is 1. The van der Waals surface area contributed by atoms with Gasteiger partial charge in [-0.2, -0.15) is 18.3 Å². The van der Waals surface area contributed by atoms with Gasteiger partial charge in [0.2, 0.25) is 5.78 Å². The summed E-state index contributed by atoms with van der Waals surface area (Å²) in [6.45, 7) is 2.44. The SMILES string of the molecule is CCc1nc2ncccn2c1C(=O)NCc1ccc(-c2nc3n(n2)CCC(C(F)(F)F)C3)cc1. The average molecular weight is 469 g/mol. The predicted octanol–water partition coefficient (Wildman–Crippen LogP) is 3.60. The fourth-order valence-electron chi connectivity index (χ4n) is 4.16. The van der Waals surface area contributed by atoms with E-state index in [0.29, 0.717) is 47.3 Å². The Kier molecular flexibility index (Phi) is 5.54. The standard InChI is InChI=1S/C23H22F3N7O/c1-2-17-19(32-10-3-9-27-22(32)29-17)21(34)28-13-14-4-6-15(7-5-14)20-30-18-12-16(23(24,25)26)8-11-33(18)31-20/h3-7,9-10,16H,2,8,11-13H2,1H3,(H,28,34). The van der Waals surface area contributed by atoms with Gasteiger partial charge in [0, 0.05) is 37.5 Å². The van der Waals surface area contributed by atoms with Crippen LogP contribution in [0.3, 0.4) is 0 Å². The number of carbonyl (C=O) groups excluding carboxylic acids is 1. The first-order valence-electron chi connectivity index (χ1n) is 11.0. The molecule has 11 heteroatoms. The van der Waals surface area contributed by atoms with E-state index in [-0.39, 0.29) is 25.3 Å². The number of imidazole rings is 1. The number of alkyl halides is 3. The number of aromatic nitrogens is 6. The molecule has 1 aliphatic heterocycles. The molecule has 0 radical (unpaired) electrons. The summed E-state index contributed by atoms with van der Waals surface area (Å²) in [4.78, 5) is 25.8. The van der Waals surface area contributed by atoms with Crippen LogP contribution in [0, 0.1) is 5.92 Å². The monoisotopic (exact) mass is 469 g/mol. The zero-order valence-electron chi connectivity index (χ0n) is 18.4. The van der Waals surface area contributed by atoms with Gasteiger partial charge in [-0.3, -0.25) is 9.20 Å². The molecule has 1 aromatic carbocycles. The summed E-state index contributed by atoms with van der Waals surface area (Å²) in [5.74, 6) is -0.386. The fourth-order valence-corrected chi connectivity index (χ4v) is 4.16. The summed E-state index contributed by atoms with van der Waals surface area (Å²) in [6, 6.07) is 9.03. The highest BCUT2D eigenvalue weighted by atomic mass is 19.4. The quantitative estimate of drug-likeness (QED) is 0.482. The maximum atomic E-state index is 13.1. The van der Waals surface area contributed by atoms with Gasteiger partial charge in [0.05, 0.1) is 11.6 Å². The number of amides is 1. The van der Waals surface area contributed by atoms with E-state index in [2.05, 4.69) is 25.4 Å². The number of benzene rings is 1. The van der Waals surface area contributed by atoms with Gasteiger partial charge in [-0.15, -0.1) is 0 Å². The van der Waals surface area contributed by atoms with E-state index in [9.17, 15) is 18.0 Å². The van der Waals surface area contributed by atoms with E-state index in [1.807, 2.05) is 19.1 Å². The van der Waals surface area contributed by atoms with Crippen molar-refractivity contribution in [1.29, 1.82) is 0 Å². The highest BCUT2D eigenvalue weighted by molar-refractivity contribution is 5.94. The van der Waals surface area contributed by atoms with Crippen molar-refractivity contribution < 1.29 is 18.0 Å². The first-order valence-corrected chi connectivity index (χ1v) is 11.0. The molecule has 4 aromatic rings. The van der Waals surface area contributed by atoms with Crippen molar-refractivity contribution in [2.24, 2.45) is 5.92 Å². The largest absolute Gasteiger partial charge is 0.392 e. The number of fused-ring (bicyclic) bond motifs is 2. The molecule has 8 nitrogen and oxygen atoms in total. The zero-order valence-corrected chi connectivity index (χ0v) is 18.4. The second-order valence-electron chi connectivity index (χ2n) is 8.24. The molecule has 0 saturated carbocycles. The van der Waals surface area contributed by atoms with Gasteiger partial charge in [0.15, 0.2) is 5.82 Å². The lowest BCUT2D eigenvalue weighted by atomic mass is 9.98. The fraction of sp³-hybridized carbons (Fsp3) is 0.348. The first-order chi connectivity index (χ1) is 16.3. The van der Waals surface area contributed by atoms with Gasteiger partial charge < -0.3 is 5.32 Å². The smallest absolute Gasteiger partial charge is 0.347 e. The summed E-state index contributed by atoms with van der Waals surface area (Å²) >= 11 is 0. The summed E-state index contributed by atoms with van der Waals surface area (Å²) in [6.07, 6.45) is -0.371. The molecule has 1 aliphatic rings. The number of nitrogens with zero attached hydrogens (tertiary/aromatic N) is 6. The topological polar surface area (TPSA) is 90.0 Å². The van der Waals surface area contributed by atoms with Gasteiger partial charge in [0.1, 0.15) is 11.5 Å². The van der Waals surface area contributed by atoms with Crippen LogP contribution < -0.4 is 5.32 Å². The van der Waals surface area contributed by atoms with Crippen molar-refractivity contribution in [3.8, 4) is 11.4 Å². The average Bonchev–Trinajstić information content (AvgIpc) is 3.43. The number of carbonyl (C=O) groups is 1. The number of hydrogen-bond donors (Lipinski definition) is 1. The van der Waals surface area contributed by atoms with Crippen LogP contribution in [-0.4, -0.2) is 41.2 Å². The normalized spacial score (nSPS) is 15.9. The minimum atomic E-state index is -4.22. The van der Waals surface area contributed by atoms with Crippen LogP contribution in [0.1, 0.15) is 40.9 Å². The highest BCUT2D eigenvalue weighted by Gasteiger charge is 2.42. The maximum Gasteiger partial charge on any atom is 0.392 e. The molecular weight excluding hydrogens is 447 g/mol. The summed E-state index contributed by atoms with van der Waals surface area (Å²) in [5.41, 5.74) is 2.71. The van der Waals surface area contributed by atoms with Crippen LogP contribution >= 0.6 is 0 Å². The van der Waals surface area contributed by atoms with Gasteiger partial charge in [-0.1, -0.05) is 31.2 Å². The van der Waals surface area contributed by atoms with Crippen LogP contribution in [0.25, 0.3) is 17.2 Å². The molecule has 1 atom stereocenters. The molecular formula is C23H22F3N7O. The Labute approximate surface area is 192 Å². The Morgan fingerprint density at radius 3 is 2.74 bits per heavy atom. The Morgan fingerprint density at radius 2 is 2.00 bits per heavy atom. The minimum absolute atomic E-state index is 0.0141. The number of rotatable bonds is 5. The Morgan fingerprint density at radius 1 is 1.21 bits per heavy atom. The van der Waals surface area contributed by atoms with Crippen LogP contribution in [0.2, 0.25) is 0 Å².